The molecule has 70 heavy (non-hydrogen) atoms. The number of likely N-dealkylation sites (tertiary alicyclic amines) is 2. The van der Waals surface area contributed by atoms with Crippen molar-refractivity contribution in [1.29, 1.82) is 0 Å². The first kappa shape index (κ1) is 49.4. The normalized spacial score (nSPS) is 20.9. The minimum absolute atomic E-state index is 0.149. The van der Waals surface area contributed by atoms with Gasteiger partial charge in [0, 0.05) is 37.3 Å². The average molecular weight is 962 g/mol. The monoisotopic (exact) mass is 961 g/mol. The molecule has 4 aliphatic rings. The van der Waals surface area contributed by atoms with Crippen LogP contribution >= 0.6 is 0 Å². The Morgan fingerprint density at radius 1 is 0.671 bits per heavy atom. The summed E-state index contributed by atoms with van der Waals surface area (Å²) in [5.41, 5.74) is 4.07. The highest BCUT2D eigenvalue weighted by atomic mass is 19.4. The number of alkyl halides is 3. The van der Waals surface area contributed by atoms with Gasteiger partial charge in [0.05, 0.1) is 31.5 Å². The number of anilines is 3. The van der Waals surface area contributed by atoms with Gasteiger partial charge < -0.3 is 40.1 Å². The van der Waals surface area contributed by atoms with Gasteiger partial charge in [0.1, 0.15) is 24.2 Å². The van der Waals surface area contributed by atoms with E-state index in [0.717, 1.165) is 35.2 Å². The molecule has 6 unspecified atom stereocenters. The van der Waals surface area contributed by atoms with E-state index in [1.54, 1.807) is 35.2 Å². The number of allylic oxidation sites excluding steroid dienone is 2. The van der Waals surface area contributed by atoms with Crippen molar-refractivity contribution in [3.63, 3.8) is 0 Å². The first-order valence-corrected chi connectivity index (χ1v) is 23.7. The van der Waals surface area contributed by atoms with Gasteiger partial charge >= 0.3 is 12.3 Å². The number of methoxy groups -OCH3 is 2. The summed E-state index contributed by atoms with van der Waals surface area (Å²) in [6.07, 6.45) is 5.47. The van der Waals surface area contributed by atoms with Gasteiger partial charge in [-0.05, 0) is 122 Å². The van der Waals surface area contributed by atoms with E-state index in [9.17, 15) is 37.1 Å². The number of hydrogen-bond donors (Lipinski definition) is 4. The molecule has 14 nitrogen and oxygen atoms in total. The molecule has 1 aliphatic carbocycles. The second-order valence-electron chi connectivity index (χ2n) is 17.9. The van der Waals surface area contributed by atoms with Gasteiger partial charge in [0.2, 0.25) is 17.7 Å². The van der Waals surface area contributed by atoms with E-state index in [1.165, 1.54) is 31.3 Å². The highest BCUT2D eigenvalue weighted by Gasteiger charge is 2.41. The lowest BCUT2D eigenvalue weighted by atomic mass is 9.98. The number of amides is 5. The molecule has 0 aromatic heterocycles. The molecule has 8 rings (SSSR count). The van der Waals surface area contributed by atoms with E-state index in [2.05, 4.69) is 26.2 Å². The Hall–Kier alpha value is -6.98. The summed E-state index contributed by atoms with van der Waals surface area (Å²) in [6.45, 7) is 0.930. The summed E-state index contributed by atoms with van der Waals surface area (Å²) in [5.74, 6) is -1.28. The molecule has 3 aliphatic heterocycles. The van der Waals surface area contributed by atoms with E-state index >= 15 is 0 Å². The molecule has 0 saturated carbocycles. The number of hydrogen-bond acceptors (Lipinski definition) is 9. The van der Waals surface area contributed by atoms with Crippen LogP contribution in [0.2, 0.25) is 0 Å². The molecule has 368 valence electrons. The Kier molecular flexibility index (Phi) is 15.7. The molecule has 17 heteroatoms. The lowest BCUT2D eigenvalue weighted by Crippen LogP contribution is -2.53. The number of alkyl carbamates (subject to hydrolysis) is 1. The number of halogens is 3. The van der Waals surface area contributed by atoms with E-state index in [-0.39, 0.29) is 36.5 Å². The molecule has 3 heterocycles. The lowest BCUT2D eigenvalue weighted by molar-refractivity contribution is -0.139. The van der Waals surface area contributed by atoms with E-state index in [0.29, 0.717) is 80.7 Å². The van der Waals surface area contributed by atoms with Crippen LogP contribution in [0.15, 0.2) is 127 Å². The van der Waals surface area contributed by atoms with E-state index in [4.69, 9.17) is 9.47 Å². The van der Waals surface area contributed by atoms with Crippen molar-refractivity contribution in [2.75, 3.05) is 49.6 Å². The summed E-state index contributed by atoms with van der Waals surface area (Å²) in [4.78, 5) is 72.9. The Balaban J connectivity index is 0.962. The molecule has 4 aromatic carbocycles. The fraction of sp³-hybridized carbons (Fsp3) is 0.377. The number of nitrogens with one attached hydrogen (secondary N) is 4. The van der Waals surface area contributed by atoms with E-state index < -0.39 is 47.9 Å². The Morgan fingerprint density at radius 3 is 1.70 bits per heavy atom. The van der Waals surface area contributed by atoms with Gasteiger partial charge in [0.25, 0.3) is 5.91 Å². The quantitative estimate of drug-likeness (QED) is 0.0856. The fourth-order valence-corrected chi connectivity index (χ4v) is 10.1. The van der Waals surface area contributed by atoms with Crippen LogP contribution < -0.4 is 26.2 Å². The van der Waals surface area contributed by atoms with Crippen molar-refractivity contribution >= 4 is 46.8 Å². The molecule has 0 radical (unpaired) electrons. The van der Waals surface area contributed by atoms with Crippen LogP contribution in [0.3, 0.4) is 0 Å². The van der Waals surface area contributed by atoms with Crippen LogP contribution in [-0.4, -0.2) is 91.7 Å². The summed E-state index contributed by atoms with van der Waals surface area (Å²) < 4.78 is 51.2. The van der Waals surface area contributed by atoms with Crippen molar-refractivity contribution in [2.45, 2.75) is 93.8 Å². The zero-order chi connectivity index (χ0) is 49.4. The Morgan fingerprint density at radius 2 is 1.21 bits per heavy atom. The highest BCUT2D eigenvalue weighted by Crippen LogP contribution is 2.48. The standard InChI is InChI=1S/C53H58F3N7O7/c1-69-33-57-46(36-11-5-3-6-12-36)50(66)61-31-9-15-44(61)48(64)58-39-23-17-34(18-24-39)42-29-30-43(63(42)41-27-21-38(22-28-41)53(54,55)56)35-19-25-40(26-20-35)59-49(65)45-16-10-32-62(45)51(67)47(60-52(68)70-2)37-13-7-4-8-14-37/h3,5-7,11-14,17-28,42-47,57H,4,8-10,15-16,29-33H2,1-2H3,(H,58,64)(H,59,65)(H,60,68). The van der Waals surface area contributed by atoms with Crippen molar-refractivity contribution in [2.24, 2.45) is 0 Å². The van der Waals surface area contributed by atoms with Gasteiger partial charge in [-0.25, -0.2) is 4.79 Å². The van der Waals surface area contributed by atoms with Crippen LogP contribution in [0.1, 0.15) is 91.7 Å². The Bertz CT molecular complexity index is 2560. The van der Waals surface area contributed by atoms with E-state index in [1.807, 2.05) is 66.7 Å². The van der Waals surface area contributed by atoms with Gasteiger partial charge in [-0.2, -0.15) is 13.2 Å². The molecule has 6 atom stereocenters. The number of rotatable bonds is 15. The number of benzene rings is 4. The number of carbonyl (C=O) groups is 5. The van der Waals surface area contributed by atoms with Crippen molar-refractivity contribution < 1.29 is 46.6 Å². The molecular formula is C53H58F3N7O7. The smallest absolute Gasteiger partial charge is 0.416 e. The van der Waals surface area contributed by atoms with Gasteiger partial charge in [-0.3, -0.25) is 24.5 Å². The summed E-state index contributed by atoms with van der Waals surface area (Å²) in [5, 5.41) is 11.8. The highest BCUT2D eigenvalue weighted by molar-refractivity contribution is 6.00. The first-order chi connectivity index (χ1) is 33.8. The maximum absolute atomic E-state index is 13.9. The van der Waals surface area contributed by atoms with Gasteiger partial charge in [0.15, 0.2) is 0 Å². The fourth-order valence-electron chi connectivity index (χ4n) is 10.1. The van der Waals surface area contributed by atoms with Crippen LogP contribution in [-0.2, 0) is 34.8 Å². The average Bonchev–Trinajstić information content (AvgIpc) is 4.18. The van der Waals surface area contributed by atoms with Crippen LogP contribution in [0.5, 0.6) is 0 Å². The number of carbonyl (C=O) groups excluding carboxylic acids is 5. The zero-order valence-corrected chi connectivity index (χ0v) is 39.1. The molecule has 3 saturated heterocycles. The van der Waals surface area contributed by atoms with Crippen LogP contribution in [0.25, 0.3) is 0 Å². The SMILES string of the molecule is COCNC(C(=O)N1CCCC1C(=O)Nc1ccc(C2CCC(c3ccc(NC(=O)C4CCCN4C(=O)C(NC(=O)OC)C4=CCCC=C4)cc3)N2c2ccc(C(F)(F)F)cc2)cc1)c1ccccc1. The third kappa shape index (κ3) is 11.2. The molecule has 3 fully saturated rings. The van der Waals surface area contributed by atoms with Crippen LogP contribution in [0, 0.1) is 0 Å². The summed E-state index contributed by atoms with van der Waals surface area (Å²) in [6, 6.07) is 25.6. The first-order valence-electron chi connectivity index (χ1n) is 23.7. The zero-order valence-electron chi connectivity index (χ0n) is 39.1. The Labute approximate surface area is 405 Å². The third-order valence-electron chi connectivity index (χ3n) is 13.5. The maximum Gasteiger partial charge on any atom is 0.416 e. The third-order valence-corrected chi connectivity index (χ3v) is 13.5. The van der Waals surface area contributed by atoms with Crippen molar-refractivity contribution in [3.05, 3.63) is 149 Å². The maximum atomic E-state index is 13.9. The topological polar surface area (TPSA) is 162 Å². The van der Waals surface area contributed by atoms with Gasteiger partial charge in [-0.15, -0.1) is 0 Å². The molecule has 4 aromatic rings. The summed E-state index contributed by atoms with van der Waals surface area (Å²) in [7, 11) is 2.76. The largest absolute Gasteiger partial charge is 0.453 e. The summed E-state index contributed by atoms with van der Waals surface area (Å²) >= 11 is 0. The van der Waals surface area contributed by atoms with Crippen molar-refractivity contribution in [1.82, 2.24) is 20.4 Å². The molecular weight excluding hydrogens is 904 g/mol. The molecule has 0 bridgehead atoms. The minimum atomic E-state index is -4.51. The van der Waals surface area contributed by atoms with Crippen LogP contribution in [0.4, 0.5) is 35.0 Å². The molecule has 0 spiro atoms. The van der Waals surface area contributed by atoms with Gasteiger partial charge in [-0.1, -0.05) is 72.8 Å². The predicted molar refractivity (Wildman–Crippen MR) is 258 cm³/mol. The minimum Gasteiger partial charge on any atom is -0.453 e. The second-order valence-corrected chi connectivity index (χ2v) is 17.9. The number of ether oxygens (including phenoxy) is 2. The molecule has 4 N–H and O–H groups in total. The van der Waals surface area contributed by atoms with Crippen molar-refractivity contribution in [3.8, 4) is 0 Å². The lowest BCUT2D eigenvalue weighted by Gasteiger charge is -2.34. The second kappa shape index (κ2) is 22.2. The molecule has 5 amide bonds. The number of nitrogens with zero attached hydrogens (tertiary/aromatic N) is 3. The predicted octanol–water partition coefficient (Wildman–Crippen LogP) is 8.58.